The van der Waals surface area contributed by atoms with Gasteiger partial charge in [0.1, 0.15) is 0 Å². The summed E-state index contributed by atoms with van der Waals surface area (Å²) in [5, 5.41) is 6.02. The molecule has 1 aromatic rings. The smallest absolute Gasteiger partial charge is 0.0346 e. The predicted octanol–water partition coefficient (Wildman–Crippen LogP) is 4.89. The van der Waals surface area contributed by atoms with Gasteiger partial charge < -0.3 is 5.32 Å². The molecule has 1 N–H and O–H groups in total. The van der Waals surface area contributed by atoms with Crippen LogP contribution in [0.2, 0.25) is 0 Å². The fraction of sp³-hybridized carbons (Fsp3) is 0.765. The van der Waals surface area contributed by atoms with Crippen molar-refractivity contribution in [3.8, 4) is 0 Å². The number of nitrogens with one attached hydrogen (secondary N) is 1. The zero-order valence-electron chi connectivity index (χ0n) is 13.8. The predicted molar refractivity (Wildman–Crippen MR) is 97.0 cm³/mol. The van der Waals surface area contributed by atoms with Crippen molar-refractivity contribution in [2.75, 3.05) is 13.1 Å². The van der Waals surface area contributed by atoms with E-state index in [-0.39, 0.29) is 0 Å². The molecule has 21 heavy (non-hydrogen) atoms. The molecule has 4 heteroatoms. The van der Waals surface area contributed by atoms with Crippen LogP contribution in [0.4, 0.5) is 0 Å². The van der Waals surface area contributed by atoms with Crippen LogP contribution in [0, 0.1) is 5.92 Å². The van der Waals surface area contributed by atoms with Gasteiger partial charge in [-0.05, 0) is 46.1 Å². The molecule has 0 spiro atoms. The molecule has 1 aliphatic heterocycles. The molecule has 2 rings (SSSR count). The van der Waals surface area contributed by atoms with Gasteiger partial charge >= 0.3 is 0 Å². The second-order valence-corrected chi connectivity index (χ2v) is 8.23. The van der Waals surface area contributed by atoms with Gasteiger partial charge in [-0.3, -0.25) is 4.90 Å². The molecule has 2 atom stereocenters. The van der Waals surface area contributed by atoms with E-state index in [9.17, 15) is 0 Å². The molecular formula is C17H29BrN2S. The quantitative estimate of drug-likeness (QED) is 0.764. The molecule has 2 nitrogen and oxygen atoms in total. The van der Waals surface area contributed by atoms with E-state index in [0.29, 0.717) is 11.6 Å². The van der Waals surface area contributed by atoms with E-state index in [0.717, 1.165) is 19.0 Å². The summed E-state index contributed by atoms with van der Waals surface area (Å²) in [5.41, 5.74) is 0.313. The lowest BCUT2D eigenvalue weighted by atomic mass is 9.84. The Bertz CT molecular complexity index is 442. The molecule has 0 amide bonds. The second kappa shape index (κ2) is 7.58. The SMILES string of the molecule is CCC(C)C1CN(Cc2sccc2Br)C(CC)(CC)CN1. The van der Waals surface area contributed by atoms with Gasteiger partial charge in [0.05, 0.1) is 0 Å². The Labute approximate surface area is 142 Å². The molecular weight excluding hydrogens is 344 g/mol. The van der Waals surface area contributed by atoms with Gasteiger partial charge in [-0.1, -0.05) is 34.1 Å². The van der Waals surface area contributed by atoms with E-state index in [2.05, 4.69) is 65.3 Å². The van der Waals surface area contributed by atoms with Gasteiger partial charge in [0.25, 0.3) is 0 Å². The number of nitrogens with zero attached hydrogens (tertiary/aromatic N) is 1. The van der Waals surface area contributed by atoms with Gasteiger partial charge in [0.15, 0.2) is 0 Å². The molecule has 1 fully saturated rings. The van der Waals surface area contributed by atoms with Crippen molar-refractivity contribution in [3.63, 3.8) is 0 Å². The Morgan fingerprint density at radius 2 is 2.14 bits per heavy atom. The van der Waals surface area contributed by atoms with Gasteiger partial charge in [-0.2, -0.15) is 0 Å². The van der Waals surface area contributed by atoms with E-state index >= 15 is 0 Å². The largest absolute Gasteiger partial charge is 0.311 e. The second-order valence-electron chi connectivity index (χ2n) is 6.38. The van der Waals surface area contributed by atoms with Crippen LogP contribution in [0.25, 0.3) is 0 Å². The fourth-order valence-corrected chi connectivity index (χ4v) is 4.88. The summed E-state index contributed by atoms with van der Waals surface area (Å²) >= 11 is 5.57. The Morgan fingerprint density at radius 3 is 2.67 bits per heavy atom. The van der Waals surface area contributed by atoms with Crippen LogP contribution in [-0.2, 0) is 6.54 Å². The van der Waals surface area contributed by atoms with Gasteiger partial charge in [0, 0.05) is 40.6 Å². The Kier molecular flexibility index (Phi) is 6.30. The van der Waals surface area contributed by atoms with Crippen molar-refractivity contribution in [3.05, 3.63) is 20.8 Å². The van der Waals surface area contributed by atoms with Crippen molar-refractivity contribution in [1.29, 1.82) is 0 Å². The molecule has 0 saturated carbocycles. The third kappa shape index (κ3) is 3.72. The van der Waals surface area contributed by atoms with Gasteiger partial charge in [-0.25, -0.2) is 0 Å². The minimum atomic E-state index is 0.313. The molecule has 2 unspecified atom stereocenters. The maximum atomic E-state index is 3.84. The van der Waals surface area contributed by atoms with Crippen LogP contribution in [0.1, 0.15) is 51.8 Å². The highest BCUT2D eigenvalue weighted by Crippen LogP contribution is 2.33. The molecule has 1 saturated heterocycles. The molecule has 0 aromatic carbocycles. The number of hydrogen-bond donors (Lipinski definition) is 1. The van der Waals surface area contributed by atoms with Crippen molar-refractivity contribution in [2.24, 2.45) is 5.92 Å². The zero-order chi connectivity index (χ0) is 15.5. The lowest BCUT2D eigenvalue weighted by Gasteiger charge is -2.50. The Morgan fingerprint density at radius 1 is 1.43 bits per heavy atom. The molecule has 0 radical (unpaired) electrons. The van der Waals surface area contributed by atoms with Crippen molar-refractivity contribution in [2.45, 2.75) is 65.1 Å². The fourth-order valence-electron chi connectivity index (χ4n) is 3.38. The zero-order valence-corrected chi connectivity index (χ0v) is 16.2. The van der Waals surface area contributed by atoms with Crippen LogP contribution in [-0.4, -0.2) is 29.6 Å². The van der Waals surface area contributed by atoms with Gasteiger partial charge in [-0.15, -0.1) is 11.3 Å². The first-order valence-electron chi connectivity index (χ1n) is 8.26. The van der Waals surface area contributed by atoms with Crippen LogP contribution in [0.3, 0.4) is 0 Å². The summed E-state index contributed by atoms with van der Waals surface area (Å²) in [7, 11) is 0. The highest BCUT2D eigenvalue weighted by atomic mass is 79.9. The molecule has 0 bridgehead atoms. The monoisotopic (exact) mass is 372 g/mol. The maximum absolute atomic E-state index is 3.84. The normalized spacial score (nSPS) is 24.1. The Hall–Kier alpha value is 0.1000. The summed E-state index contributed by atoms with van der Waals surface area (Å²) in [6.45, 7) is 12.7. The number of halogens is 1. The summed E-state index contributed by atoms with van der Waals surface area (Å²) in [6, 6.07) is 2.80. The number of hydrogen-bond acceptors (Lipinski definition) is 3. The third-order valence-electron chi connectivity index (χ3n) is 5.45. The van der Waals surface area contributed by atoms with E-state index < -0.39 is 0 Å². The topological polar surface area (TPSA) is 15.3 Å². The van der Waals surface area contributed by atoms with E-state index in [4.69, 9.17) is 0 Å². The first kappa shape index (κ1) is 17.5. The van der Waals surface area contributed by atoms with Crippen LogP contribution >= 0.6 is 27.3 Å². The molecule has 1 aliphatic rings. The summed E-state index contributed by atoms with van der Waals surface area (Å²) in [6.07, 6.45) is 3.68. The van der Waals surface area contributed by atoms with Gasteiger partial charge in [0.2, 0.25) is 0 Å². The van der Waals surface area contributed by atoms with E-state index in [1.54, 1.807) is 0 Å². The Balaban J connectivity index is 2.18. The first-order valence-corrected chi connectivity index (χ1v) is 9.93. The van der Waals surface area contributed by atoms with Crippen LogP contribution in [0.5, 0.6) is 0 Å². The lowest BCUT2D eigenvalue weighted by Crippen LogP contribution is -2.65. The summed E-state index contributed by atoms with van der Waals surface area (Å²) < 4.78 is 1.27. The first-order chi connectivity index (χ1) is 10.1. The average molecular weight is 373 g/mol. The van der Waals surface area contributed by atoms with Crippen molar-refractivity contribution >= 4 is 27.3 Å². The van der Waals surface area contributed by atoms with E-state index in [1.165, 1.54) is 35.2 Å². The molecule has 1 aromatic heterocycles. The standard InChI is InChI=1S/C17H29BrN2S/c1-5-13(4)15-10-20(11-16-14(18)8-9-21-16)17(6-2,7-3)12-19-15/h8-9,13,15,19H,5-7,10-12H2,1-4H3. The average Bonchev–Trinajstić information content (AvgIpc) is 2.92. The van der Waals surface area contributed by atoms with Crippen LogP contribution in [0.15, 0.2) is 15.9 Å². The van der Waals surface area contributed by atoms with Crippen molar-refractivity contribution in [1.82, 2.24) is 10.2 Å². The number of rotatable bonds is 6. The minimum Gasteiger partial charge on any atom is -0.311 e. The summed E-state index contributed by atoms with van der Waals surface area (Å²) in [4.78, 5) is 4.21. The minimum absolute atomic E-state index is 0.313. The number of thiophene rings is 1. The summed E-state index contributed by atoms with van der Waals surface area (Å²) in [5.74, 6) is 0.742. The third-order valence-corrected chi connectivity index (χ3v) is 7.36. The number of piperazine rings is 1. The molecule has 0 aliphatic carbocycles. The maximum Gasteiger partial charge on any atom is 0.0346 e. The highest BCUT2D eigenvalue weighted by Gasteiger charge is 2.40. The molecule has 2 heterocycles. The highest BCUT2D eigenvalue weighted by molar-refractivity contribution is 9.10. The lowest BCUT2D eigenvalue weighted by molar-refractivity contribution is 0.0142. The molecule has 120 valence electrons. The van der Waals surface area contributed by atoms with Crippen LogP contribution < -0.4 is 5.32 Å². The van der Waals surface area contributed by atoms with E-state index in [1.807, 2.05) is 11.3 Å². The van der Waals surface area contributed by atoms with Crippen molar-refractivity contribution < 1.29 is 0 Å².